The molecule has 0 unspecified atom stereocenters. The Morgan fingerprint density at radius 1 is 0.500 bits per heavy atom. The summed E-state index contributed by atoms with van der Waals surface area (Å²) in [6.45, 7) is 20.2. The van der Waals surface area contributed by atoms with E-state index in [0.29, 0.717) is 0 Å². The van der Waals surface area contributed by atoms with Gasteiger partial charge in [-0.15, -0.1) is 77.6 Å². The van der Waals surface area contributed by atoms with Crippen LogP contribution >= 0.6 is 77.6 Å². The van der Waals surface area contributed by atoms with Crippen LogP contribution in [0, 0.1) is 0 Å². The minimum atomic E-state index is -2.32. The molecule has 0 rings (SSSR count). The molecule has 3 N–H and O–H groups in total. The third kappa shape index (κ3) is 44.1. The molecule has 0 radical (unpaired) electrons. The average Bonchev–Trinajstić information content (AvgIpc) is 2.56. The van der Waals surface area contributed by atoms with E-state index >= 15 is 0 Å². The summed E-state index contributed by atoms with van der Waals surface area (Å²) in [5, 5.41) is 0. The molecule has 0 aromatic rings. The predicted molar refractivity (Wildman–Crippen MR) is 191 cm³/mol. The summed E-state index contributed by atoms with van der Waals surface area (Å²) in [5.74, 6) is 0. The Bertz CT molecular complexity index is 481. The highest BCUT2D eigenvalue weighted by atomic mass is 35.8. The van der Waals surface area contributed by atoms with Crippen LogP contribution in [0.15, 0.2) is 0 Å². The summed E-state index contributed by atoms with van der Waals surface area (Å²) in [4.78, 5) is 0. The predicted octanol–water partition coefficient (Wildman–Crippen LogP) is 13.0. The lowest BCUT2D eigenvalue weighted by atomic mass is 10.1. The first kappa shape index (κ1) is 46.0. The van der Waals surface area contributed by atoms with Gasteiger partial charge in [0.2, 0.25) is 13.4 Å². The molecule has 0 saturated carbocycles. The molecule has 14 heteroatoms. The molecule has 0 fully saturated rings. The van der Waals surface area contributed by atoms with E-state index in [2.05, 4.69) is 50.4 Å². The zero-order valence-electron chi connectivity index (χ0n) is 24.8. The second-order valence-electron chi connectivity index (χ2n) is 11.8. The summed E-state index contributed by atoms with van der Waals surface area (Å²) in [5.41, 5.74) is 0. The van der Waals surface area contributed by atoms with Crippen molar-refractivity contribution in [2.75, 3.05) is 6.54 Å². The van der Waals surface area contributed by atoms with Gasteiger partial charge in [-0.05, 0) is 44.7 Å². The summed E-state index contributed by atoms with van der Waals surface area (Å²) < 4.78 is 2.80. The van der Waals surface area contributed by atoms with Crippen molar-refractivity contribution in [2.45, 2.75) is 136 Å². The second-order valence-corrected chi connectivity index (χ2v) is 48.5. The van der Waals surface area contributed by atoms with Crippen LogP contribution in [0.1, 0.15) is 64.7 Å². The molecule has 0 saturated heterocycles. The number of hydrogen-bond donors (Lipinski definition) is 1. The van der Waals surface area contributed by atoms with E-state index in [0.717, 1.165) is 24.9 Å². The molecular weight excluding hydrogens is 681 g/mol. The van der Waals surface area contributed by atoms with Crippen LogP contribution in [0.25, 0.3) is 0 Å². The smallest absolute Gasteiger partial charge is 0.341 e. The molecule has 0 bridgehead atoms. The van der Waals surface area contributed by atoms with Crippen molar-refractivity contribution in [3.05, 3.63) is 0 Å². The monoisotopic (exact) mass is 734 g/mol. The van der Waals surface area contributed by atoms with Crippen molar-refractivity contribution >= 4 is 113 Å². The van der Waals surface area contributed by atoms with Crippen molar-refractivity contribution in [3.8, 4) is 0 Å². The van der Waals surface area contributed by atoms with Crippen LogP contribution in [0.5, 0.6) is 0 Å². The number of unbranched alkanes of at least 4 members (excludes halogenated alkanes) is 7. The van der Waals surface area contributed by atoms with Gasteiger partial charge in [-0.1, -0.05) is 97.6 Å². The Morgan fingerprint density at radius 3 is 1.11 bits per heavy atom. The van der Waals surface area contributed by atoms with Crippen LogP contribution in [-0.2, 0) is 0 Å². The molecule has 0 amide bonds. The van der Waals surface area contributed by atoms with Gasteiger partial charge in [0.1, 0.15) is 16.5 Å². The summed E-state index contributed by atoms with van der Waals surface area (Å²) in [6, 6.07) is -0.480. The van der Waals surface area contributed by atoms with E-state index in [1.54, 1.807) is 0 Å². The van der Waals surface area contributed by atoms with Gasteiger partial charge >= 0.3 is 6.00 Å². The van der Waals surface area contributed by atoms with Crippen LogP contribution in [-0.4, -0.2) is 46.6 Å². The zero-order valence-corrected chi connectivity index (χ0v) is 35.1. The van der Waals surface area contributed by atoms with E-state index in [1.165, 1.54) is 51.5 Å². The summed E-state index contributed by atoms with van der Waals surface area (Å²) in [7, 11) is -2.39. The average molecular weight is 738 g/mol. The molecule has 36 heavy (non-hydrogen) atoms. The largest absolute Gasteiger partial charge is 0.346 e. The fourth-order valence-electron chi connectivity index (χ4n) is 3.68. The maximum absolute atomic E-state index is 6.15. The molecule has 0 aliphatic carbocycles. The molecule has 0 spiro atoms. The van der Waals surface area contributed by atoms with Gasteiger partial charge in [-0.2, -0.15) is 0 Å². The number of rotatable bonds is 15. The van der Waals surface area contributed by atoms with Crippen molar-refractivity contribution in [1.82, 2.24) is 10.4 Å². The van der Waals surface area contributed by atoms with Crippen molar-refractivity contribution in [1.29, 1.82) is 0 Å². The van der Waals surface area contributed by atoms with Gasteiger partial charge in [0, 0.05) is 0 Å². The lowest BCUT2D eigenvalue weighted by Crippen LogP contribution is -2.59. The normalized spacial score (nSPS) is 12.8. The Morgan fingerprint density at radius 2 is 0.833 bits per heavy atom. The lowest BCUT2D eigenvalue weighted by molar-refractivity contribution is 0.585. The molecule has 224 valence electrons. The Labute approximate surface area is 263 Å². The van der Waals surface area contributed by atoms with Gasteiger partial charge < -0.3 is 10.4 Å². The molecule has 0 heterocycles. The highest BCUT2D eigenvalue weighted by Gasteiger charge is 2.34. The topological polar surface area (TPSA) is 38.2 Å². The van der Waals surface area contributed by atoms with Crippen molar-refractivity contribution in [3.63, 3.8) is 0 Å². The highest BCUT2D eigenvalue weighted by Crippen LogP contribution is 2.28. The fraction of sp³-hybridized carbons (Fsp3) is 1.00. The van der Waals surface area contributed by atoms with Crippen molar-refractivity contribution in [2.24, 2.45) is 0 Å². The van der Waals surface area contributed by atoms with Gasteiger partial charge in [0.15, 0.2) is 0 Å². The van der Waals surface area contributed by atoms with Crippen molar-refractivity contribution < 1.29 is 0 Å². The van der Waals surface area contributed by atoms with Crippen LogP contribution in [0.3, 0.4) is 0 Å². The molecule has 0 aromatic carbocycles. The van der Waals surface area contributed by atoms with E-state index in [1.807, 2.05) is 19.6 Å². The molecule has 0 atom stereocenters. The maximum Gasteiger partial charge on any atom is 0.341 e. The number of hydrogen-bond acceptors (Lipinski definition) is 2. The van der Waals surface area contributed by atoms with Gasteiger partial charge in [0.05, 0.1) is 0 Å². The zero-order chi connectivity index (χ0) is 28.6. The van der Waals surface area contributed by atoms with Gasteiger partial charge in [-0.3, -0.25) is 0 Å². The quantitative estimate of drug-likeness (QED) is 0.103. The molecule has 0 aliphatic rings. The van der Waals surface area contributed by atoms with E-state index in [-0.39, 0.29) is 6.15 Å². The minimum absolute atomic E-state index is 0. The summed E-state index contributed by atoms with van der Waals surface area (Å²) >= 11 is 40.5. The first-order chi connectivity index (χ1) is 15.4. The Balaban J connectivity index is -0.000000235. The number of halogens is 7. The number of nitrogens with zero attached hydrogens (tertiary/aromatic N) is 1. The molecule has 0 aromatic heterocycles. The van der Waals surface area contributed by atoms with E-state index in [4.69, 9.17) is 77.6 Å². The highest BCUT2D eigenvalue weighted by molar-refractivity contribution is 7.64. The van der Waals surface area contributed by atoms with Gasteiger partial charge in [0.25, 0.3) is 0 Å². The van der Waals surface area contributed by atoms with Crippen LogP contribution in [0.2, 0.25) is 71.0 Å². The first-order valence-electron chi connectivity index (χ1n) is 13.0. The standard InChI is InChI=1S/C10H21Cl3Si.C10H27Cl2NSi3.C2H6Cl2Si.H3N/c1-2-3-4-5-6-7-8-9-10-14(11,12)13;1-14(2,3)13(15(4,5)6)9-8-10-16(7,11)12;1-5(2,3)4;/h2-10H2,1H3;8-10H2,1-7H3;1-2H3;1H3. The third-order valence-corrected chi connectivity index (χ3v) is 17.6. The first-order valence-corrected chi connectivity index (χ1v) is 34.9. The lowest BCUT2D eigenvalue weighted by Gasteiger charge is -2.43. The molecular formula is C22H57Cl7N2Si5. The van der Waals surface area contributed by atoms with Crippen LogP contribution in [0.4, 0.5) is 0 Å². The fourth-order valence-corrected chi connectivity index (χ4v) is 16.8. The molecule has 2 nitrogen and oxygen atoms in total. The Hall–Kier alpha value is 3.03. The maximum atomic E-state index is 6.15. The van der Waals surface area contributed by atoms with Gasteiger partial charge in [-0.25, -0.2) is 0 Å². The summed E-state index contributed by atoms with van der Waals surface area (Å²) in [6.07, 6.45) is 11.6. The molecule has 0 aliphatic heterocycles. The van der Waals surface area contributed by atoms with E-state index < -0.39 is 35.9 Å². The second kappa shape index (κ2) is 22.6. The SMILES string of the molecule is CCCCCCCCCC[Si](Cl)(Cl)Cl.C[Si](C)(Cl)Cl.C[Si](Cl)(Cl)CCCN([Si](C)(C)C)[Si](C)(C)C.N. The van der Waals surface area contributed by atoms with E-state index in [9.17, 15) is 0 Å². The minimum Gasteiger partial charge on any atom is -0.346 e. The van der Waals surface area contributed by atoms with Crippen LogP contribution < -0.4 is 6.15 Å². The third-order valence-electron chi connectivity index (χ3n) is 4.93. The Kier molecular flexibility index (Phi) is 28.9.